The van der Waals surface area contributed by atoms with E-state index in [1.807, 2.05) is 0 Å². The van der Waals surface area contributed by atoms with Crippen LogP contribution in [-0.2, 0) is 0 Å². The van der Waals surface area contributed by atoms with Gasteiger partial charge in [0, 0.05) is 12.3 Å². The molecule has 0 aliphatic rings. The Balaban J connectivity index is 4.75. The van der Waals surface area contributed by atoms with Gasteiger partial charge in [-0.3, -0.25) is 0 Å². The summed E-state index contributed by atoms with van der Waals surface area (Å²) in [5.41, 5.74) is -1.70. The largest absolute Gasteiger partial charge is 0.314 e. The highest BCUT2D eigenvalue weighted by Crippen LogP contribution is 2.46. The van der Waals surface area contributed by atoms with Crippen LogP contribution >= 0.6 is 0 Å². The number of hydrogen-bond acceptors (Lipinski definition) is 0. The zero-order chi connectivity index (χ0) is 9.50. The maximum atomic E-state index is 12.7. The van der Waals surface area contributed by atoms with Crippen LogP contribution in [0.5, 0.6) is 0 Å². The van der Waals surface area contributed by atoms with Gasteiger partial charge in [-0.05, 0) is 0 Å². The molecule has 11 heavy (non-hydrogen) atoms. The van der Waals surface area contributed by atoms with Crippen LogP contribution in [0.3, 0.4) is 0 Å². The fraction of sp³-hybridized carbons (Fsp3) is 1.00. The van der Waals surface area contributed by atoms with Gasteiger partial charge in [0.1, 0.15) is 0 Å². The molecule has 0 rings (SSSR count). The molecule has 0 bridgehead atoms. The van der Waals surface area contributed by atoms with Crippen molar-refractivity contribution in [2.45, 2.75) is 39.5 Å². The minimum atomic E-state index is -3.96. The number of hydrogen-bond donors (Lipinski definition) is 0. The van der Waals surface area contributed by atoms with Crippen LogP contribution in [0.15, 0.2) is 0 Å². The quantitative estimate of drug-likeness (QED) is 0.532. The van der Waals surface area contributed by atoms with Gasteiger partial charge in [-0.2, -0.15) is 8.78 Å². The lowest BCUT2D eigenvalue weighted by molar-refractivity contribution is -0.247. The van der Waals surface area contributed by atoms with Crippen LogP contribution in [0.2, 0.25) is 0 Å². The van der Waals surface area contributed by atoms with E-state index in [-0.39, 0.29) is 6.92 Å². The molecule has 0 aliphatic carbocycles. The van der Waals surface area contributed by atoms with E-state index >= 15 is 0 Å². The minimum absolute atomic E-state index is 0.234. The highest BCUT2D eigenvalue weighted by molar-refractivity contribution is 4.90. The van der Waals surface area contributed by atoms with Crippen LogP contribution in [-0.4, -0.2) is 11.8 Å². The number of rotatable bonds is 1. The van der Waals surface area contributed by atoms with Gasteiger partial charge in [-0.15, -0.1) is 0 Å². The molecule has 0 radical (unpaired) electrons. The third-order valence-electron chi connectivity index (χ3n) is 1.49. The molecule has 0 N–H and O–H groups in total. The van der Waals surface area contributed by atoms with Crippen molar-refractivity contribution < 1.29 is 17.6 Å². The van der Waals surface area contributed by atoms with E-state index in [1.165, 1.54) is 0 Å². The lowest BCUT2D eigenvalue weighted by atomic mass is 9.85. The molecule has 0 aromatic rings. The maximum absolute atomic E-state index is 12.7. The topological polar surface area (TPSA) is 0 Å². The summed E-state index contributed by atoms with van der Waals surface area (Å²) < 4.78 is 49.9. The smallest absolute Gasteiger partial charge is 0.200 e. The van der Waals surface area contributed by atoms with E-state index in [0.29, 0.717) is 0 Å². The second kappa shape index (κ2) is 2.35. The fourth-order valence-corrected chi connectivity index (χ4v) is 0.658. The van der Waals surface area contributed by atoms with Crippen LogP contribution in [0.25, 0.3) is 0 Å². The zero-order valence-electron chi connectivity index (χ0n) is 7.01. The summed E-state index contributed by atoms with van der Waals surface area (Å²) in [6.07, 6.45) is 0. The average Bonchev–Trinajstić information content (AvgIpc) is 1.58. The summed E-state index contributed by atoms with van der Waals surface area (Å²) in [5.74, 6) is -7.91. The summed E-state index contributed by atoms with van der Waals surface area (Å²) in [6.45, 7) is 3.50. The molecule has 0 heterocycles. The molecule has 0 spiro atoms. The lowest BCUT2D eigenvalue weighted by Crippen LogP contribution is -2.48. The van der Waals surface area contributed by atoms with Crippen molar-refractivity contribution in [3.8, 4) is 0 Å². The third-order valence-corrected chi connectivity index (χ3v) is 1.49. The molecular formula is C7H12F4. The molecule has 68 valence electrons. The molecule has 0 unspecified atom stereocenters. The van der Waals surface area contributed by atoms with Crippen molar-refractivity contribution in [3.63, 3.8) is 0 Å². The van der Waals surface area contributed by atoms with Gasteiger partial charge >= 0.3 is 11.8 Å². The van der Waals surface area contributed by atoms with Crippen LogP contribution < -0.4 is 0 Å². The third kappa shape index (κ3) is 1.84. The number of halogens is 4. The monoisotopic (exact) mass is 172 g/mol. The Labute approximate surface area is 63.6 Å². The predicted molar refractivity (Wildman–Crippen MR) is 35.0 cm³/mol. The molecule has 0 aliphatic heterocycles. The van der Waals surface area contributed by atoms with E-state index in [2.05, 4.69) is 0 Å². The van der Waals surface area contributed by atoms with Crippen molar-refractivity contribution in [1.82, 2.24) is 0 Å². The summed E-state index contributed by atoms with van der Waals surface area (Å²) in [4.78, 5) is 0. The van der Waals surface area contributed by atoms with E-state index < -0.39 is 17.3 Å². The summed E-state index contributed by atoms with van der Waals surface area (Å²) in [6, 6.07) is 0. The summed E-state index contributed by atoms with van der Waals surface area (Å²) >= 11 is 0. The molecule has 0 amide bonds. The minimum Gasteiger partial charge on any atom is -0.200 e. The van der Waals surface area contributed by atoms with E-state index in [9.17, 15) is 17.6 Å². The van der Waals surface area contributed by atoms with Crippen molar-refractivity contribution in [1.29, 1.82) is 0 Å². The van der Waals surface area contributed by atoms with Crippen LogP contribution in [0.4, 0.5) is 17.6 Å². The van der Waals surface area contributed by atoms with Gasteiger partial charge in [0.05, 0.1) is 0 Å². The highest BCUT2D eigenvalue weighted by atomic mass is 19.3. The Morgan fingerprint density at radius 2 is 1.00 bits per heavy atom. The Morgan fingerprint density at radius 3 is 1.00 bits per heavy atom. The SMILES string of the molecule is CC(C)(C)C(F)(F)C(C)(F)F. The fourth-order valence-electron chi connectivity index (χ4n) is 0.658. The van der Waals surface area contributed by atoms with Crippen molar-refractivity contribution >= 4 is 0 Å². The molecule has 0 saturated carbocycles. The van der Waals surface area contributed by atoms with Gasteiger partial charge in [0.15, 0.2) is 0 Å². The van der Waals surface area contributed by atoms with Gasteiger partial charge in [-0.25, -0.2) is 8.78 Å². The van der Waals surface area contributed by atoms with Crippen molar-refractivity contribution in [3.05, 3.63) is 0 Å². The van der Waals surface area contributed by atoms with Gasteiger partial charge < -0.3 is 0 Å². The Morgan fingerprint density at radius 1 is 0.727 bits per heavy atom. The molecule has 0 nitrogen and oxygen atoms in total. The summed E-state index contributed by atoms with van der Waals surface area (Å²) in [5, 5.41) is 0. The molecule has 0 saturated heterocycles. The Bertz CT molecular complexity index is 122. The number of alkyl halides is 4. The first-order chi connectivity index (χ1) is 4.50. The first-order valence-electron chi connectivity index (χ1n) is 3.26. The molecule has 0 atom stereocenters. The van der Waals surface area contributed by atoms with Gasteiger partial charge in [-0.1, -0.05) is 20.8 Å². The van der Waals surface area contributed by atoms with Crippen molar-refractivity contribution in [2.24, 2.45) is 5.41 Å². The zero-order valence-corrected chi connectivity index (χ0v) is 7.01. The normalized spacial score (nSPS) is 15.3. The predicted octanol–water partition coefficient (Wildman–Crippen LogP) is 3.32. The lowest BCUT2D eigenvalue weighted by Gasteiger charge is -2.34. The Kier molecular flexibility index (Phi) is 2.29. The molecular weight excluding hydrogens is 160 g/mol. The molecule has 0 fully saturated rings. The maximum Gasteiger partial charge on any atom is 0.314 e. The first-order valence-corrected chi connectivity index (χ1v) is 3.26. The highest BCUT2D eigenvalue weighted by Gasteiger charge is 2.59. The van der Waals surface area contributed by atoms with E-state index in [0.717, 1.165) is 20.8 Å². The second-order valence-corrected chi connectivity index (χ2v) is 3.71. The second-order valence-electron chi connectivity index (χ2n) is 3.71. The van der Waals surface area contributed by atoms with Crippen molar-refractivity contribution in [2.75, 3.05) is 0 Å². The first kappa shape index (κ1) is 10.7. The molecule has 4 heteroatoms. The Hall–Kier alpha value is -0.280. The standard InChI is InChI=1S/C7H12F4/c1-5(2,3)7(10,11)6(4,8)9/h1-4H3. The van der Waals surface area contributed by atoms with E-state index in [1.54, 1.807) is 0 Å². The summed E-state index contributed by atoms with van der Waals surface area (Å²) in [7, 11) is 0. The van der Waals surface area contributed by atoms with Crippen LogP contribution in [0, 0.1) is 5.41 Å². The van der Waals surface area contributed by atoms with Gasteiger partial charge in [0.25, 0.3) is 0 Å². The van der Waals surface area contributed by atoms with E-state index in [4.69, 9.17) is 0 Å². The average molecular weight is 172 g/mol. The van der Waals surface area contributed by atoms with Crippen LogP contribution in [0.1, 0.15) is 27.7 Å². The molecule has 0 aromatic heterocycles. The van der Waals surface area contributed by atoms with Gasteiger partial charge in [0.2, 0.25) is 0 Å². The molecule has 0 aromatic carbocycles.